The molecule has 3 rings (SSSR count). The molecular formula is C20H20ClN3O9S2. The van der Waals surface area contributed by atoms with E-state index >= 15 is 0 Å². The molecule has 0 radical (unpaired) electrons. The zero-order valence-corrected chi connectivity index (χ0v) is 20.8. The largest absolute Gasteiger partial charge is 0.506 e. The number of anilines is 3. The standard InChI is InChI=1S/C20H20ClN3O9S2/c1-20(2)32-18(26)13(19(27)33-20)10-22-15-8-14(21)17(9-16(15)25)35(30,31)24-12-6-4-5-11(7-12)23-34(3,28)29/h4-10,22-25H,1-3H3. The Kier molecular flexibility index (Phi) is 6.93. The molecule has 0 aromatic heterocycles. The van der Waals surface area contributed by atoms with E-state index < -0.39 is 54.0 Å². The smallest absolute Gasteiger partial charge is 0.350 e. The Morgan fingerprint density at radius 2 is 1.54 bits per heavy atom. The van der Waals surface area contributed by atoms with Crippen LogP contribution < -0.4 is 14.8 Å². The lowest BCUT2D eigenvalue weighted by Gasteiger charge is -2.29. The number of hydrogen-bond donors (Lipinski definition) is 4. The van der Waals surface area contributed by atoms with Crippen molar-refractivity contribution in [3.8, 4) is 5.75 Å². The summed E-state index contributed by atoms with van der Waals surface area (Å²) in [7, 11) is -7.90. The summed E-state index contributed by atoms with van der Waals surface area (Å²) >= 11 is 6.12. The van der Waals surface area contributed by atoms with Gasteiger partial charge in [-0.15, -0.1) is 0 Å². The van der Waals surface area contributed by atoms with E-state index in [0.717, 1.165) is 24.6 Å². The highest BCUT2D eigenvalue weighted by Gasteiger charge is 2.39. The van der Waals surface area contributed by atoms with E-state index in [1.165, 1.54) is 38.1 Å². The summed E-state index contributed by atoms with van der Waals surface area (Å²) in [6.45, 7) is 2.76. The summed E-state index contributed by atoms with van der Waals surface area (Å²) in [4.78, 5) is 23.5. The monoisotopic (exact) mass is 545 g/mol. The van der Waals surface area contributed by atoms with Gasteiger partial charge in [0.1, 0.15) is 10.6 Å². The molecule has 1 saturated heterocycles. The number of halogens is 1. The molecule has 1 aliphatic heterocycles. The number of benzene rings is 2. The van der Waals surface area contributed by atoms with Crippen LogP contribution in [-0.2, 0) is 39.1 Å². The van der Waals surface area contributed by atoms with Crippen LogP contribution in [-0.4, -0.2) is 45.9 Å². The molecule has 35 heavy (non-hydrogen) atoms. The van der Waals surface area contributed by atoms with E-state index in [1.54, 1.807) is 0 Å². The molecule has 15 heteroatoms. The topological polar surface area (TPSA) is 177 Å². The van der Waals surface area contributed by atoms with E-state index in [4.69, 9.17) is 21.1 Å². The highest BCUT2D eigenvalue weighted by atomic mass is 35.5. The van der Waals surface area contributed by atoms with Gasteiger partial charge in [-0.1, -0.05) is 17.7 Å². The molecule has 4 N–H and O–H groups in total. The minimum atomic E-state index is -4.32. The Labute approximate surface area is 206 Å². The molecule has 1 fully saturated rings. The summed E-state index contributed by atoms with van der Waals surface area (Å²) < 4.78 is 62.8. The van der Waals surface area contributed by atoms with Crippen LogP contribution in [0.25, 0.3) is 0 Å². The Morgan fingerprint density at radius 1 is 0.971 bits per heavy atom. The van der Waals surface area contributed by atoms with Crippen LogP contribution in [0.2, 0.25) is 5.02 Å². The number of rotatable bonds is 7. The van der Waals surface area contributed by atoms with E-state index in [2.05, 4.69) is 14.8 Å². The first-order chi connectivity index (χ1) is 16.1. The summed E-state index contributed by atoms with van der Waals surface area (Å²) in [6.07, 6.45) is 1.87. The van der Waals surface area contributed by atoms with Gasteiger partial charge in [0.25, 0.3) is 15.8 Å². The fourth-order valence-electron chi connectivity index (χ4n) is 2.86. The Balaban J connectivity index is 1.84. The molecule has 0 spiro atoms. The van der Waals surface area contributed by atoms with Gasteiger partial charge in [-0.25, -0.2) is 26.4 Å². The molecule has 0 unspecified atom stereocenters. The molecule has 0 aliphatic carbocycles. The zero-order chi connectivity index (χ0) is 26.2. The molecule has 0 amide bonds. The van der Waals surface area contributed by atoms with E-state index in [1.807, 2.05) is 0 Å². The van der Waals surface area contributed by atoms with E-state index in [9.17, 15) is 31.5 Å². The van der Waals surface area contributed by atoms with Crippen molar-refractivity contribution in [1.82, 2.24) is 0 Å². The van der Waals surface area contributed by atoms with Crippen LogP contribution in [0.5, 0.6) is 5.75 Å². The maximum Gasteiger partial charge on any atom is 0.350 e. The normalized spacial score (nSPS) is 15.6. The zero-order valence-electron chi connectivity index (χ0n) is 18.4. The van der Waals surface area contributed by atoms with Gasteiger partial charge >= 0.3 is 11.9 Å². The van der Waals surface area contributed by atoms with Gasteiger partial charge in [-0.3, -0.25) is 9.44 Å². The lowest BCUT2D eigenvalue weighted by atomic mass is 10.2. The van der Waals surface area contributed by atoms with Gasteiger partial charge in [-0.2, -0.15) is 0 Å². The fraction of sp³-hybridized carbons (Fsp3) is 0.200. The second-order valence-corrected chi connectivity index (χ2v) is 11.5. The van der Waals surface area contributed by atoms with Gasteiger partial charge in [-0.05, 0) is 24.3 Å². The average Bonchev–Trinajstić information content (AvgIpc) is 2.67. The molecule has 0 bridgehead atoms. The quantitative estimate of drug-likeness (QED) is 0.175. The minimum Gasteiger partial charge on any atom is -0.506 e. The number of cyclic esters (lactones) is 2. The molecule has 0 saturated carbocycles. The van der Waals surface area contributed by atoms with Crippen LogP contribution in [0.1, 0.15) is 13.8 Å². The van der Waals surface area contributed by atoms with Crippen LogP contribution in [0.3, 0.4) is 0 Å². The third-order valence-electron chi connectivity index (χ3n) is 4.25. The maximum absolute atomic E-state index is 12.8. The lowest BCUT2D eigenvalue weighted by Crippen LogP contribution is -2.42. The van der Waals surface area contributed by atoms with Gasteiger partial charge in [0.05, 0.1) is 28.3 Å². The van der Waals surface area contributed by atoms with Crippen LogP contribution in [0.4, 0.5) is 17.1 Å². The predicted molar refractivity (Wildman–Crippen MR) is 127 cm³/mol. The number of ether oxygens (including phenoxy) is 2. The number of hydrogen-bond acceptors (Lipinski definition) is 10. The molecular weight excluding hydrogens is 526 g/mol. The lowest BCUT2D eigenvalue weighted by molar-refractivity contribution is -0.222. The van der Waals surface area contributed by atoms with Crippen LogP contribution in [0.15, 0.2) is 53.1 Å². The van der Waals surface area contributed by atoms with Crippen molar-refractivity contribution in [2.45, 2.75) is 24.5 Å². The second-order valence-electron chi connectivity index (χ2n) is 7.74. The minimum absolute atomic E-state index is 0.0263. The van der Waals surface area contributed by atoms with Crippen molar-refractivity contribution in [2.75, 3.05) is 21.0 Å². The number of phenolic OH excluding ortho intramolecular Hbond substituents is 1. The predicted octanol–water partition coefficient (Wildman–Crippen LogP) is 2.35. The number of carbonyl (C=O) groups is 2. The van der Waals surface area contributed by atoms with Crippen molar-refractivity contribution < 1.29 is 41.0 Å². The Bertz CT molecular complexity index is 1430. The first-order valence-corrected chi connectivity index (χ1v) is 13.4. The highest BCUT2D eigenvalue weighted by Crippen LogP contribution is 2.34. The number of esters is 2. The molecule has 1 heterocycles. The first kappa shape index (κ1) is 26.1. The van der Waals surface area contributed by atoms with Crippen molar-refractivity contribution >= 4 is 60.6 Å². The molecule has 1 aliphatic rings. The second kappa shape index (κ2) is 9.28. The summed E-state index contributed by atoms with van der Waals surface area (Å²) in [5.41, 5.74) is -0.456. The van der Waals surface area contributed by atoms with Crippen molar-refractivity contribution in [3.63, 3.8) is 0 Å². The summed E-state index contributed by atoms with van der Waals surface area (Å²) in [5, 5.41) is 12.5. The van der Waals surface area contributed by atoms with Gasteiger partial charge in [0.15, 0.2) is 5.57 Å². The number of sulfonamides is 2. The summed E-state index contributed by atoms with van der Waals surface area (Å²) in [5.74, 6) is -3.92. The molecule has 2 aromatic rings. The third kappa shape index (κ3) is 6.55. The van der Waals surface area contributed by atoms with Gasteiger partial charge < -0.3 is 19.9 Å². The average molecular weight is 546 g/mol. The van der Waals surface area contributed by atoms with Crippen LogP contribution in [0, 0.1) is 0 Å². The third-order valence-corrected chi connectivity index (χ3v) is 6.70. The molecule has 188 valence electrons. The van der Waals surface area contributed by atoms with Crippen molar-refractivity contribution in [3.05, 3.63) is 53.2 Å². The molecule has 0 atom stereocenters. The molecule has 12 nitrogen and oxygen atoms in total. The highest BCUT2D eigenvalue weighted by molar-refractivity contribution is 7.93. The Morgan fingerprint density at radius 3 is 2.11 bits per heavy atom. The van der Waals surface area contributed by atoms with E-state index in [0.29, 0.717) is 0 Å². The van der Waals surface area contributed by atoms with Gasteiger partial charge in [0.2, 0.25) is 10.0 Å². The van der Waals surface area contributed by atoms with Gasteiger partial charge in [0, 0.05) is 26.1 Å². The summed E-state index contributed by atoms with van der Waals surface area (Å²) in [6, 6.07) is 7.39. The maximum atomic E-state index is 12.8. The number of aromatic hydroxyl groups is 1. The van der Waals surface area contributed by atoms with Crippen molar-refractivity contribution in [1.29, 1.82) is 0 Å². The fourth-order valence-corrected chi connectivity index (χ4v) is 5.02. The number of phenols is 1. The van der Waals surface area contributed by atoms with Crippen LogP contribution >= 0.6 is 11.6 Å². The SMILES string of the molecule is CC1(C)OC(=O)C(=CNc2cc(Cl)c(S(=O)(=O)Nc3cccc(NS(C)(=O)=O)c3)cc2O)C(=O)O1. The number of nitrogens with one attached hydrogen (secondary N) is 3. The first-order valence-electron chi connectivity index (χ1n) is 9.63. The van der Waals surface area contributed by atoms with E-state index in [-0.39, 0.29) is 22.1 Å². The number of carbonyl (C=O) groups excluding carboxylic acids is 2. The molecule has 2 aromatic carbocycles. The van der Waals surface area contributed by atoms with Crippen molar-refractivity contribution in [2.24, 2.45) is 0 Å². The Hall–Kier alpha value is -3.49.